The number of hydrogen-bond donors (Lipinski definition) is 0. The lowest BCUT2D eigenvalue weighted by Crippen LogP contribution is -2.09. The number of rotatable bonds is 11. The molecule has 5 aromatic rings. The molecule has 9 heteroatoms. The van der Waals surface area contributed by atoms with Crippen LogP contribution >= 0.6 is 15.9 Å². The number of nitrogens with zero attached hydrogens (tertiary/aromatic N) is 4. The van der Waals surface area contributed by atoms with Crippen molar-refractivity contribution in [3.63, 3.8) is 0 Å². The van der Waals surface area contributed by atoms with Crippen molar-refractivity contribution in [3.05, 3.63) is 82.9 Å². The summed E-state index contributed by atoms with van der Waals surface area (Å²) in [5.41, 5.74) is 5.83. The zero-order valence-electron chi connectivity index (χ0n) is 24.0. The Bertz CT molecular complexity index is 1550. The van der Waals surface area contributed by atoms with E-state index in [9.17, 15) is 9.59 Å². The summed E-state index contributed by atoms with van der Waals surface area (Å²) in [5.74, 6) is 0.887. The Balaban J connectivity index is 0.000000219. The number of halogens is 1. The molecule has 0 aliphatic carbocycles. The van der Waals surface area contributed by atoms with Crippen LogP contribution in [0.5, 0.6) is 0 Å². The summed E-state index contributed by atoms with van der Waals surface area (Å²) in [6.45, 7) is 11.6. The van der Waals surface area contributed by atoms with Gasteiger partial charge in [-0.25, -0.2) is 9.97 Å². The minimum absolute atomic E-state index is 0.442. The van der Waals surface area contributed by atoms with Crippen molar-refractivity contribution in [1.29, 1.82) is 0 Å². The Labute approximate surface area is 249 Å². The van der Waals surface area contributed by atoms with Crippen molar-refractivity contribution in [2.75, 3.05) is 26.4 Å². The van der Waals surface area contributed by atoms with E-state index in [-0.39, 0.29) is 0 Å². The van der Waals surface area contributed by atoms with Gasteiger partial charge in [0.25, 0.3) is 0 Å². The van der Waals surface area contributed by atoms with Gasteiger partial charge in [0.1, 0.15) is 0 Å². The van der Waals surface area contributed by atoms with Gasteiger partial charge in [0.2, 0.25) is 0 Å². The van der Waals surface area contributed by atoms with Crippen molar-refractivity contribution >= 4 is 50.6 Å². The summed E-state index contributed by atoms with van der Waals surface area (Å²) < 4.78 is 15.5. The fourth-order valence-corrected chi connectivity index (χ4v) is 4.67. The van der Waals surface area contributed by atoms with E-state index in [2.05, 4.69) is 44.1 Å². The molecule has 0 fully saturated rings. The summed E-state index contributed by atoms with van der Waals surface area (Å²) >= 11 is 3.42. The largest absolute Gasteiger partial charge is 0.380 e. The molecule has 216 valence electrons. The number of carbonyl (C=O) groups excluding carboxylic acids is 2. The molecular weight excluding hydrogens is 584 g/mol. The van der Waals surface area contributed by atoms with Gasteiger partial charge in [-0.2, -0.15) is 0 Å². The molecule has 0 atom stereocenters. The summed E-state index contributed by atoms with van der Waals surface area (Å²) in [5, 5.41) is 0. The third kappa shape index (κ3) is 8.19. The SMILES string of the molecule is CC.CCOCCn1c(C=O)nc2ccc(-c3ccccc3)cc21.CCOCCn1c(C=O)nc2ccc(Br)cc21. The Hall–Kier alpha value is -3.66. The van der Waals surface area contributed by atoms with Crippen LogP contribution < -0.4 is 0 Å². The first kappa shape index (κ1) is 31.9. The van der Waals surface area contributed by atoms with E-state index in [4.69, 9.17) is 9.47 Å². The molecule has 0 radical (unpaired) electrons. The van der Waals surface area contributed by atoms with E-state index in [1.165, 1.54) is 0 Å². The Morgan fingerprint density at radius 1 is 0.707 bits per heavy atom. The van der Waals surface area contributed by atoms with Gasteiger partial charge in [-0.05, 0) is 55.3 Å². The highest BCUT2D eigenvalue weighted by Crippen LogP contribution is 2.25. The lowest BCUT2D eigenvalue weighted by molar-refractivity contribution is 0.109. The van der Waals surface area contributed by atoms with E-state index in [1.807, 2.05) is 85.4 Å². The monoisotopic (exact) mass is 620 g/mol. The third-order valence-electron chi connectivity index (χ3n) is 6.16. The van der Waals surface area contributed by atoms with Crippen molar-refractivity contribution in [1.82, 2.24) is 19.1 Å². The topological polar surface area (TPSA) is 88.2 Å². The predicted octanol–water partition coefficient (Wildman–Crippen LogP) is 7.23. The minimum Gasteiger partial charge on any atom is -0.380 e. The van der Waals surface area contributed by atoms with E-state index in [1.54, 1.807) is 0 Å². The van der Waals surface area contributed by atoms with Crippen molar-refractivity contribution in [2.45, 2.75) is 40.8 Å². The first-order valence-electron chi connectivity index (χ1n) is 13.9. The van der Waals surface area contributed by atoms with E-state index < -0.39 is 0 Å². The number of aldehydes is 2. The highest BCUT2D eigenvalue weighted by molar-refractivity contribution is 9.10. The summed E-state index contributed by atoms with van der Waals surface area (Å²) in [4.78, 5) is 30.9. The van der Waals surface area contributed by atoms with E-state index in [0.717, 1.165) is 50.2 Å². The third-order valence-corrected chi connectivity index (χ3v) is 6.66. The Morgan fingerprint density at radius 2 is 1.22 bits per heavy atom. The van der Waals surface area contributed by atoms with Gasteiger partial charge in [-0.3, -0.25) is 9.59 Å². The average molecular weight is 622 g/mol. The van der Waals surface area contributed by atoms with Crippen LogP contribution in [0.25, 0.3) is 33.2 Å². The molecule has 0 N–H and O–H groups in total. The molecular formula is C32H37BrN4O4. The standard InChI is InChI=1S/C18H18N2O2.C12H13BrN2O2.C2H6/c1-2-22-11-10-20-17-12-15(14-6-4-3-5-7-14)8-9-16(17)19-18(20)13-21;1-2-17-6-5-15-11-7-9(13)3-4-10(11)14-12(15)8-16;1-2/h3-9,12-13H,2,10-11H2,1H3;3-4,7-8H,2,5-6H2,1H3;1-2H3. The van der Waals surface area contributed by atoms with Gasteiger partial charge in [0.05, 0.1) is 35.3 Å². The molecule has 0 aliphatic rings. The van der Waals surface area contributed by atoms with Gasteiger partial charge in [-0.15, -0.1) is 0 Å². The van der Waals surface area contributed by atoms with Gasteiger partial charge >= 0.3 is 0 Å². The first-order chi connectivity index (χ1) is 20.1. The number of hydrogen-bond acceptors (Lipinski definition) is 6. The van der Waals surface area contributed by atoms with Crippen LogP contribution in [-0.4, -0.2) is 58.1 Å². The maximum absolute atomic E-state index is 11.3. The van der Waals surface area contributed by atoms with Gasteiger partial charge in [-0.1, -0.05) is 66.2 Å². The molecule has 0 aliphatic heterocycles. The zero-order chi connectivity index (χ0) is 29.6. The fraction of sp³-hybridized carbons (Fsp3) is 0.312. The van der Waals surface area contributed by atoms with Crippen LogP contribution in [0.3, 0.4) is 0 Å². The van der Waals surface area contributed by atoms with Gasteiger partial charge in [0, 0.05) is 30.8 Å². The highest BCUT2D eigenvalue weighted by atomic mass is 79.9. The maximum Gasteiger partial charge on any atom is 0.185 e. The summed E-state index contributed by atoms with van der Waals surface area (Å²) in [7, 11) is 0. The smallest absolute Gasteiger partial charge is 0.185 e. The Morgan fingerprint density at radius 3 is 1.73 bits per heavy atom. The molecule has 0 bridgehead atoms. The molecule has 2 aromatic heterocycles. The number of ether oxygens (including phenoxy) is 2. The molecule has 0 spiro atoms. The number of imidazole rings is 2. The molecule has 3 aromatic carbocycles. The summed E-state index contributed by atoms with van der Waals surface area (Å²) in [6.07, 6.45) is 1.58. The van der Waals surface area contributed by atoms with Crippen molar-refractivity contribution in [2.24, 2.45) is 0 Å². The molecule has 0 saturated carbocycles. The first-order valence-corrected chi connectivity index (χ1v) is 14.7. The Kier molecular flexibility index (Phi) is 12.9. The molecule has 0 unspecified atom stereocenters. The molecule has 5 rings (SSSR count). The predicted molar refractivity (Wildman–Crippen MR) is 168 cm³/mol. The zero-order valence-corrected chi connectivity index (χ0v) is 25.6. The van der Waals surface area contributed by atoms with Crippen molar-refractivity contribution in [3.8, 4) is 11.1 Å². The van der Waals surface area contributed by atoms with Crippen LogP contribution in [0.15, 0.2) is 71.2 Å². The second kappa shape index (κ2) is 16.6. The number of carbonyl (C=O) groups is 2. The summed E-state index contributed by atoms with van der Waals surface area (Å²) in [6, 6.07) is 22.0. The molecule has 0 saturated heterocycles. The lowest BCUT2D eigenvalue weighted by atomic mass is 10.1. The van der Waals surface area contributed by atoms with Crippen LogP contribution in [0.2, 0.25) is 0 Å². The quantitative estimate of drug-likeness (QED) is 0.114. The normalized spacial score (nSPS) is 10.6. The number of benzene rings is 3. The second-order valence-corrected chi connectivity index (χ2v) is 9.49. The van der Waals surface area contributed by atoms with Crippen LogP contribution in [0.4, 0.5) is 0 Å². The molecule has 8 nitrogen and oxygen atoms in total. The fourth-order valence-electron chi connectivity index (χ4n) is 4.32. The van der Waals surface area contributed by atoms with Gasteiger partial charge in [0.15, 0.2) is 24.2 Å². The second-order valence-electron chi connectivity index (χ2n) is 8.58. The van der Waals surface area contributed by atoms with Crippen LogP contribution in [0, 0.1) is 0 Å². The molecule has 2 heterocycles. The number of aromatic nitrogens is 4. The lowest BCUT2D eigenvalue weighted by Gasteiger charge is -2.07. The van der Waals surface area contributed by atoms with Crippen LogP contribution in [0.1, 0.15) is 48.9 Å². The number of fused-ring (bicyclic) bond motifs is 2. The highest BCUT2D eigenvalue weighted by Gasteiger charge is 2.12. The average Bonchev–Trinajstić information content (AvgIpc) is 3.56. The van der Waals surface area contributed by atoms with Crippen molar-refractivity contribution < 1.29 is 19.1 Å². The minimum atomic E-state index is 0.442. The van der Waals surface area contributed by atoms with Crippen LogP contribution in [-0.2, 0) is 22.6 Å². The van der Waals surface area contributed by atoms with E-state index in [0.29, 0.717) is 51.2 Å². The van der Waals surface area contributed by atoms with Gasteiger partial charge < -0.3 is 18.6 Å². The maximum atomic E-state index is 11.3. The van der Waals surface area contributed by atoms with E-state index >= 15 is 0 Å². The molecule has 41 heavy (non-hydrogen) atoms. The molecule has 0 amide bonds.